The molecule has 2 atom stereocenters. The summed E-state index contributed by atoms with van der Waals surface area (Å²) >= 11 is 0. The zero-order valence-corrected chi connectivity index (χ0v) is 11.1. The third-order valence-corrected chi connectivity index (χ3v) is 2.97. The number of hydrogen-bond acceptors (Lipinski definition) is 3. The van der Waals surface area contributed by atoms with E-state index >= 15 is 0 Å². The third kappa shape index (κ3) is 4.99. The molecule has 0 aliphatic rings. The smallest absolute Gasteiger partial charge is 0.408 e. The number of rotatable bonds is 6. The van der Waals surface area contributed by atoms with Crippen LogP contribution in [0.15, 0.2) is 30.3 Å². The lowest BCUT2D eigenvalue weighted by Crippen LogP contribution is -2.45. The highest BCUT2D eigenvalue weighted by atomic mass is 16.5. The number of nitrogens with one attached hydrogen (secondary N) is 1. The Morgan fingerprint density at radius 3 is 2.47 bits per heavy atom. The maximum absolute atomic E-state index is 11.6. The van der Waals surface area contributed by atoms with Crippen LogP contribution >= 0.6 is 0 Å². The lowest BCUT2D eigenvalue weighted by molar-refractivity contribution is -0.140. The molecule has 104 valence electrons. The molecule has 0 heterocycles. The first-order valence-electron chi connectivity index (χ1n) is 6.24. The molecule has 5 nitrogen and oxygen atoms in total. The van der Waals surface area contributed by atoms with Crippen molar-refractivity contribution in [1.82, 2.24) is 5.32 Å². The zero-order chi connectivity index (χ0) is 14.3. The van der Waals surface area contributed by atoms with Crippen LogP contribution in [0, 0.1) is 5.92 Å². The van der Waals surface area contributed by atoms with Crippen molar-refractivity contribution in [3.63, 3.8) is 0 Å². The van der Waals surface area contributed by atoms with Crippen molar-refractivity contribution >= 4 is 12.1 Å². The Balaban J connectivity index is 2.47. The number of alkyl carbamates (subject to hydrolysis) is 1. The summed E-state index contributed by atoms with van der Waals surface area (Å²) in [6, 6.07) is 8.29. The first-order chi connectivity index (χ1) is 9.04. The summed E-state index contributed by atoms with van der Waals surface area (Å²) in [5, 5.41) is 11.4. The van der Waals surface area contributed by atoms with Crippen molar-refractivity contribution in [2.75, 3.05) is 0 Å². The lowest BCUT2D eigenvalue weighted by atomic mass is 10.00. The molecule has 0 aliphatic carbocycles. The van der Waals surface area contributed by atoms with Gasteiger partial charge < -0.3 is 15.2 Å². The van der Waals surface area contributed by atoms with Gasteiger partial charge in [-0.05, 0) is 11.5 Å². The lowest BCUT2D eigenvalue weighted by Gasteiger charge is -2.19. The SMILES string of the molecule is CCC(C)[C@@H](NC(=O)OCc1ccccc1)C(=O)O. The summed E-state index contributed by atoms with van der Waals surface area (Å²) in [6.07, 6.45) is -0.0489. The van der Waals surface area contributed by atoms with E-state index in [2.05, 4.69) is 5.32 Å². The molecule has 5 heteroatoms. The van der Waals surface area contributed by atoms with Crippen LogP contribution in [0.25, 0.3) is 0 Å². The molecule has 0 bridgehead atoms. The van der Waals surface area contributed by atoms with E-state index in [0.29, 0.717) is 6.42 Å². The minimum Gasteiger partial charge on any atom is -0.480 e. The highest BCUT2D eigenvalue weighted by Gasteiger charge is 2.25. The van der Waals surface area contributed by atoms with Gasteiger partial charge in [0.05, 0.1) is 0 Å². The molecule has 0 radical (unpaired) electrons. The first-order valence-corrected chi connectivity index (χ1v) is 6.24. The predicted octanol–water partition coefficient (Wildman–Crippen LogP) is 2.41. The van der Waals surface area contributed by atoms with E-state index in [1.165, 1.54) is 0 Å². The van der Waals surface area contributed by atoms with Gasteiger partial charge in [0.1, 0.15) is 12.6 Å². The van der Waals surface area contributed by atoms with E-state index in [1.54, 1.807) is 6.92 Å². The Kier molecular flexibility index (Phi) is 5.85. The Bertz CT molecular complexity index is 419. The topological polar surface area (TPSA) is 75.6 Å². The number of carbonyl (C=O) groups excluding carboxylic acids is 1. The van der Waals surface area contributed by atoms with Crippen LogP contribution in [0.4, 0.5) is 4.79 Å². The molecular formula is C14H19NO4. The van der Waals surface area contributed by atoms with Gasteiger partial charge in [0, 0.05) is 0 Å². The van der Waals surface area contributed by atoms with E-state index in [1.807, 2.05) is 37.3 Å². The maximum Gasteiger partial charge on any atom is 0.408 e. The number of carbonyl (C=O) groups is 2. The molecular weight excluding hydrogens is 246 g/mol. The molecule has 0 spiro atoms. The van der Waals surface area contributed by atoms with Gasteiger partial charge in [-0.15, -0.1) is 0 Å². The Hall–Kier alpha value is -2.04. The van der Waals surface area contributed by atoms with E-state index in [0.717, 1.165) is 5.56 Å². The van der Waals surface area contributed by atoms with Crippen molar-refractivity contribution in [2.45, 2.75) is 32.9 Å². The van der Waals surface area contributed by atoms with Gasteiger partial charge in [-0.3, -0.25) is 0 Å². The molecule has 2 N–H and O–H groups in total. The number of ether oxygens (including phenoxy) is 1. The second-order valence-electron chi connectivity index (χ2n) is 4.41. The van der Waals surface area contributed by atoms with Gasteiger partial charge in [-0.1, -0.05) is 50.6 Å². The second kappa shape index (κ2) is 7.41. The van der Waals surface area contributed by atoms with E-state index < -0.39 is 18.1 Å². The molecule has 0 saturated carbocycles. The first kappa shape index (κ1) is 15.0. The van der Waals surface area contributed by atoms with Crippen molar-refractivity contribution in [3.8, 4) is 0 Å². The zero-order valence-electron chi connectivity index (χ0n) is 11.1. The molecule has 1 aromatic carbocycles. The fraction of sp³-hybridized carbons (Fsp3) is 0.429. The molecule has 1 rings (SSSR count). The largest absolute Gasteiger partial charge is 0.480 e. The average Bonchev–Trinajstić information content (AvgIpc) is 2.42. The second-order valence-corrected chi connectivity index (χ2v) is 4.41. The average molecular weight is 265 g/mol. The highest BCUT2D eigenvalue weighted by Crippen LogP contribution is 2.08. The molecule has 1 amide bonds. The monoisotopic (exact) mass is 265 g/mol. The molecule has 1 unspecified atom stereocenters. The summed E-state index contributed by atoms with van der Waals surface area (Å²) in [6.45, 7) is 3.77. The summed E-state index contributed by atoms with van der Waals surface area (Å²) < 4.78 is 4.99. The molecule has 0 fully saturated rings. The fourth-order valence-electron chi connectivity index (χ4n) is 1.57. The molecule has 19 heavy (non-hydrogen) atoms. The summed E-state index contributed by atoms with van der Waals surface area (Å²) in [4.78, 5) is 22.6. The van der Waals surface area contributed by atoms with Crippen LogP contribution in [-0.2, 0) is 16.1 Å². The number of carboxylic acid groups (broad SMARTS) is 1. The Labute approximate surface area is 112 Å². The highest BCUT2D eigenvalue weighted by molar-refractivity contribution is 5.80. The van der Waals surface area contributed by atoms with Crippen molar-refractivity contribution in [3.05, 3.63) is 35.9 Å². The predicted molar refractivity (Wildman–Crippen MR) is 70.6 cm³/mol. The number of benzene rings is 1. The van der Waals surface area contributed by atoms with E-state index in [9.17, 15) is 9.59 Å². The number of amides is 1. The van der Waals surface area contributed by atoms with Crippen LogP contribution in [0.2, 0.25) is 0 Å². The Morgan fingerprint density at radius 1 is 1.32 bits per heavy atom. The van der Waals surface area contributed by atoms with Gasteiger partial charge in [-0.2, -0.15) is 0 Å². The minimum atomic E-state index is -1.05. The quantitative estimate of drug-likeness (QED) is 0.828. The number of carboxylic acids is 1. The molecule has 1 aromatic rings. The van der Waals surface area contributed by atoms with Crippen molar-refractivity contribution in [2.24, 2.45) is 5.92 Å². The van der Waals surface area contributed by atoms with Gasteiger partial charge in [0.2, 0.25) is 0 Å². The summed E-state index contributed by atoms with van der Waals surface area (Å²) in [5.41, 5.74) is 0.855. The van der Waals surface area contributed by atoms with Crippen molar-refractivity contribution in [1.29, 1.82) is 0 Å². The molecule has 0 aromatic heterocycles. The third-order valence-electron chi connectivity index (χ3n) is 2.97. The van der Waals surface area contributed by atoms with Gasteiger partial charge >= 0.3 is 12.1 Å². The summed E-state index contributed by atoms with van der Waals surface area (Å²) in [7, 11) is 0. The van der Waals surface area contributed by atoms with Gasteiger partial charge in [-0.25, -0.2) is 9.59 Å². The minimum absolute atomic E-state index is 0.125. The van der Waals surface area contributed by atoms with Crippen LogP contribution in [0.5, 0.6) is 0 Å². The maximum atomic E-state index is 11.6. The Morgan fingerprint density at radius 2 is 1.95 bits per heavy atom. The van der Waals surface area contributed by atoms with Crippen LogP contribution in [0.3, 0.4) is 0 Å². The van der Waals surface area contributed by atoms with Crippen LogP contribution < -0.4 is 5.32 Å². The standard InChI is InChI=1S/C14H19NO4/c1-3-10(2)12(13(16)17)15-14(18)19-9-11-7-5-4-6-8-11/h4-8,10,12H,3,9H2,1-2H3,(H,15,18)(H,16,17)/t10?,12-/m1/s1. The molecule has 0 aliphatic heterocycles. The number of hydrogen-bond donors (Lipinski definition) is 2. The molecule has 0 saturated heterocycles. The van der Waals surface area contributed by atoms with Gasteiger partial charge in [0.25, 0.3) is 0 Å². The van der Waals surface area contributed by atoms with Crippen molar-refractivity contribution < 1.29 is 19.4 Å². The normalized spacial score (nSPS) is 13.4. The fourth-order valence-corrected chi connectivity index (χ4v) is 1.57. The number of aliphatic carboxylic acids is 1. The van der Waals surface area contributed by atoms with Crippen LogP contribution in [0.1, 0.15) is 25.8 Å². The van der Waals surface area contributed by atoms with E-state index in [4.69, 9.17) is 9.84 Å². The van der Waals surface area contributed by atoms with Crippen LogP contribution in [-0.4, -0.2) is 23.2 Å². The van der Waals surface area contributed by atoms with Gasteiger partial charge in [0.15, 0.2) is 0 Å². The van der Waals surface area contributed by atoms with E-state index in [-0.39, 0.29) is 12.5 Å². The summed E-state index contributed by atoms with van der Waals surface area (Å²) in [5.74, 6) is -1.20.